The van der Waals surface area contributed by atoms with Gasteiger partial charge in [-0.25, -0.2) is 0 Å². The molecule has 6 heteroatoms. The van der Waals surface area contributed by atoms with Gasteiger partial charge in [0, 0.05) is 18.7 Å². The summed E-state index contributed by atoms with van der Waals surface area (Å²) in [6, 6.07) is 8.51. The van der Waals surface area contributed by atoms with Gasteiger partial charge >= 0.3 is 0 Å². The molecule has 2 rings (SSSR count). The molecule has 0 fully saturated rings. The standard InChI is InChI=1S/C15H19N3O3/c1-10(2)16-9-11-13(19)8-15(20)18(17-11)12-6-4-5-7-14(12)21-3/h4-8,10,16,19H,9H2,1-3H3. The number of nitrogens with one attached hydrogen (secondary N) is 1. The van der Waals surface area contributed by atoms with Gasteiger partial charge in [0.25, 0.3) is 5.56 Å². The number of aromatic nitrogens is 2. The van der Waals surface area contributed by atoms with Crippen LogP contribution in [0.1, 0.15) is 19.5 Å². The molecule has 0 atom stereocenters. The molecule has 0 spiro atoms. The minimum atomic E-state index is -0.412. The molecule has 0 saturated heterocycles. The van der Waals surface area contributed by atoms with E-state index in [1.807, 2.05) is 19.9 Å². The lowest BCUT2D eigenvalue weighted by molar-refractivity contribution is 0.409. The average molecular weight is 289 g/mol. The second-order valence-corrected chi connectivity index (χ2v) is 4.93. The lowest BCUT2D eigenvalue weighted by atomic mass is 10.3. The predicted molar refractivity (Wildman–Crippen MR) is 80.0 cm³/mol. The Morgan fingerprint density at radius 2 is 2.10 bits per heavy atom. The summed E-state index contributed by atoms with van der Waals surface area (Å²) < 4.78 is 6.48. The second kappa shape index (κ2) is 6.41. The largest absolute Gasteiger partial charge is 0.506 e. The maximum atomic E-state index is 12.1. The zero-order chi connectivity index (χ0) is 15.4. The first-order chi connectivity index (χ1) is 10.0. The van der Waals surface area contributed by atoms with E-state index in [0.717, 1.165) is 6.07 Å². The summed E-state index contributed by atoms with van der Waals surface area (Å²) in [5.74, 6) is 0.430. The van der Waals surface area contributed by atoms with Gasteiger partial charge in [-0.2, -0.15) is 9.78 Å². The maximum Gasteiger partial charge on any atom is 0.275 e. The minimum absolute atomic E-state index is 0.112. The molecule has 0 amide bonds. The molecule has 0 bridgehead atoms. The van der Waals surface area contributed by atoms with Crippen molar-refractivity contribution in [1.29, 1.82) is 0 Å². The van der Waals surface area contributed by atoms with Gasteiger partial charge in [0.05, 0.1) is 7.11 Å². The van der Waals surface area contributed by atoms with Crippen LogP contribution in [-0.4, -0.2) is 28.0 Å². The number of rotatable bonds is 5. The molecular formula is C15H19N3O3. The van der Waals surface area contributed by atoms with Gasteiger partial charge in [0.1, 0.15) is 22.9 Å². The first-order valence-corrected chi connectivity index (χ1v) is 6.72. The van der Waals surface area contributed by atoms with E-state index in [0.29, 0.717) is 23.7 Å². The number of hydrogen-bond acceptors (Lipinski definition) is 5. The van der Waals surface area contributed by atoms with Gasteiger partial charge in [0.2, 0.25) is 0 Å². The van der Waals surface area contributed by atoms with Crippen molar-refractivity contribution in [2.45, 2.75) is 26.4 Å². The van der Waals surface area contributed by atoms with Crippen LogP contribution in [0.2, 0.25) is 0 Å². The monoisotopic (exact) mass is 289 g/mol. The quantitative estimate of drug-likeness (QED) is 0.871. The molecule has 21 heavy (non-hydrogen) atoms. The topological polar surface area (TPSA) is 76.4 Å². The smallest absolute Gasteiger partial charge is 0.275 e. The molecule has 0 radical (unpaired) electrons. The second-order valence-electron chi connectivity index (χ2n) is 4.93. The summed E-state index contributed by atoms with van der Waals surface area (Å²) in [6.07, 6.45) is 0. The normalized spacial score (nSPS) is 10.9. The maximum absolute atomic E-state index is 12.1. The van der Waals surface area contributed by atoms with Gasteiger partial charge < -0.3 is 15.2 Å². The van der Waals surface area contributed by atoms with Crippen molar-refractivity contribution < 1.29 is 9.84 Å². The van der Waals surface area contributed by atoms with E-state index in [1.54, 1.807) is 18.2 Å². The minimum Gasteiger partial charge on any atom is -0.506 e. The number of benzene rings is 1. The molecule has 1 aromatic heterocycles. The number of nitrogens with zero attached hydrogens (tertiary/aromatic N) is 2. The van der Waals surface area contributed by atoms with E-state index in [-0.39, 0.29) is 11.8 Å². The van der Waals surface area contributed by atoms with E-state index < -0.39 is 5.56 Å². The predicted octanol–water partition coefficient (Wildman–Crippen LogP) is 1.44. The molecule has 0 aliphatic rings. The van der Waals surface area contributed by atoms with Crippen LogP contribution in [0.3, 0.4) is 0 Å². The van der Waals surface area contributed by atoms with E-state index in [9.17, 15) is 9.90 Å². The Hall–Kier alpha value is -2.34. The highest BCUT2D eigenvalue weighted by atomic mass is 16.5. The van der Waals surface area contributed by atoms with Gasteiger partial charge in [-0.1, -0.05) is 26.0 Å². The van der Waals surface area contributed by atoms with Crippen molar-refractivity contribution in [2.24, 2.45) is 0 Å². The van der Waals surface area contributed by atoms with Gasteiger partial charge in [-0.05, 0) is 12.1 Å². The van der Waals surface area contributed by atoms with Crippen molar-refractivity contribution >= 4 is 0 Å². The lowest BCUT2D eigenvalue weighted by Gasteiger charge is -2.13. The van der Waals surface area contributed by atoms with Crippen molar-refractivity contribution in [1.82, 2.24) is 15.1 Å². The van der Waals surface area contributed by atoms with E-state index in [1.165, 1.54) is 11.8 Å². The van der Waals surface area contributed by atoms with Crippen LogP contribution < -0.4 is 15.6 Å². The van der Waals surface area contributed by atoms with Crippen LogP contribution in [0, 0.1) is 0 Å². The number of aromatic hydroxyl groups is 1. The fourth-order valence-corrected chi connectivity index (χ4v) is 1.89. The molecule has 2 N–H and O–H groups in total. The number of methoxy groups -OCH3 is 1. The van der Waals surface area contributed by atoms with Crippen LogP contribution in [0.15, 0.2) is 35.1 Å². The number of para-hydroxylation sites is 2. The van der Waals surface area contributed by atoms with Gasteiger partial charge in [-0.15, -0.1) is 0 Å². The summed E-state index contributed by atoms with van der Waals surface area (Å²) in [5.41, 5.74) is 0.537. The SMILES string of the molecule is COc1ccccc1-n1nc(CNC(C)C)c(O)cc1=O. The highest BCUT2D eigenvalue weighted by Crippen LogP contribution is 2.21. The molecule has 1 aromatic carbocycles. The highest BCUT2D eigenvalue weighted by Gasteiger charge is 2.12. The third-order valence-electron chi connectivity index (χ3n) is 2.98. The Labute approximate surface area is 123 Å². The Kier molecular flexibility index (Phi) is 4.59. The first kappa shape index (κ1) is 15.1. The molecule has 0 unspecified atom stereocenters. The number of hydrogen-bond donors (Lipinski definition) is 2. The molecular weight excluding hydrogens is 270 g/mol. The average Bonchev–Trinajstić information content (AvgIpc) is 2.46. The van der Waals surface area contributed by atoms with Gasteiger partial charge in [-0.3, -0.25) is 4.79 Å². The Morgan fingerprint density at radius 1 is 1.38 bits per heavy atom. The van der Waals surface area contributed by atoms with Crippen molar-refractivity contribution in [3.05, 3.63) is 46.4 Å². The summed E-state index contributed by atoms with van der Waals surface area (Å²) >= 11 is 0. The highest BCUT2D eigenvalue weighted by molar-refractivity contribution is 5.46. The van der Waals surface area contributed by atoms with E-state index in [4.69, 9.17) is 4.74 Å². The van der Waals surface area contributed by atoms with Crippen molar-refractivity contribution in [3.8, 4) is 17.2 Å². The number of ether oxygens (including phenoxy) is 1. The molecule has 0 aliphatic carbocycles. The van der Waals surface area contributed by atoms with Crippen LogP contribution in [-0.2, 0) is 6.54 Å². The summed E-state index contributed by atoms with van der Waals surface area (Å²) in [7, 11) is 1.53. The van der Waals surface area contributed by atoms with Gasteiger partial charge in [0.15, 0.2) is 0 Å². The fraction of sp³-hybridized carbons (Fsp3) is 0.333. The van der Waals surface area contributed by atoms with Crippen LogP contribution in [0.5, 0.6) is 11.5 Å². The first-order valence-electron chi connectivity index (χ1n) is 6.72. The molecule has 6 nitrogen and oxygen atoms in total. The third-order valence-corrected chi connectivity index (χ3v) is 2.98. The molecule has 0 aliphatic heterocycles. The third kappa shape index (κ3) is 3.41. The summed E-state index contributed by atoms with van der Waals surface area (Å²) in [6.45, 7) is 4.36. The summed E-state index contributed by atoms with van der Waals surface area (Å²) in [4.78, 5) is 12.1. The van der Waals surface area contributed by atoms with Crippen molar-refractivity contribution in [2.75, 3.05) is 7.11 Å². The van der Waals surface area contributed by atoms with Crippen LogP contribution in [0.4, 0.5) is 0 Å². The zero-order valence-corrected chi connectivity index (χ0v) is 12.3. The van der Waals surface area contributed by atoms with Crippen molar-refractivity contribution in [3.63, 3.8) is 0 Å². The fourth-order valence-electron chi connectivity index (χ4n) is 1.89. The van der Waals surface area contributed by atoms with Crippen LogP contribution >= 0.6 is 0 Å². The molecule has 112 valence electrons. The Bertz CT molecular complexity index is 680. The van der Waals surface area contributed by atoms with E-state index >= 15 is 0 Å². The molecule has 0 saturated carbocycles. The summed E-state index contributed by atoms with van der Waals surface area (Å²) in [5, 5.41) is 17.2. The van der Waals surface area contributed by atoms with E-state index in [2.05, 4.69) is 10.4 Å². The molecule has 2 aromatic rings. The Balaban J connectivity index is 2.48. The van der Waals surface area contributed by atoms with Crippen LogP contribution in [0.25, 0.3) is 5.69 Å². The Morgan fingerprint density at radius 3 is 2.76 bits per heavy atom. The zero-order valence-electron chi connectivity index (χ0n) is 12.3. The molecule has 1 heterocycles. The lowest BCUT2D eigenvalue weighted by Crippen LogP contribution is -2.27.